The molecule has 1 fully saturated rings. The molecule has 1 atom stereocenters. The molecule has 2 N–H and O–H groups in total. The van der Waals surface area contributed by atoms with Gasteiger partial charge in [-0.25, -0.2) is 0 Å². The van der Waals surface area contributed by atoms with E-state index in [1.54, 1.807) is 18.3 Å². The number of hydrogen-bond acceptors (Lipinski definition) is 6. The van der Waals surface area contributed by atoms with Gasteiger partial charge < -0.3 is 20.1 Å². The molecule has 0 unspecified atom stereocenters. The summed E-state index contributed by atoms with van der Waals surface area (Å²) in [5, 5.41) is 14.6. The molecule has 1 aliphatic carbocycles. The van der Waals surface area contributed by atoms with Crippen molar-refractivity contribution < 1.29 is 27.8 Å². The molecule has 2 heterocycles. The first-order valence-electron chi connectivity index (χ1n) is 13.8. The fourth-order valence-electron chi connectivity index (χ4n) is 5.82. The van der Waals surface area contributed by atoms with Crippen molar-refractivity contribution in [3.05, 3.63) is 89.6 Å². The molecule has 0 spiro atoms. The second kappa shape index (κ2) is 11.1. The predicted molar refractivity (Wildman–Crippen MR) is 151 cm³/mol. The number of ketones is 1. The van der Waals surface area contributed by atoms with E-state index >= 15 is 0 Å². The van der Waals surface area contributed by atoms with Crippen molar-refractivity contribution in [1.82, 2.24) is 10.3 Å². The molecular weight excluding hydrogens is 531 g/mol. The van der Waals surface area contributed by atoms with Crippen LogP contribution in [0.4, 0.5) is 18.9 Å². The van der Waals surface area contributed by atoms with Gasteiger partial charge >= 0.3 is 6.18 Å². The number of nitrogens with one attached hydrogen (secondary N) is 1. The SMILES string of the molecule is O=C1c2ccccc2-c2c(OC[C@H](O)CNCC3CCN(c4ccnc5cc(C(F)(F)F)ccc45)CC3)cccc21. The lowest BCUT2D eigenvalue weighted by atomic mass is 9.96. The third-order valence-corrected chi connectivity index (χ3v) is 7.96. The maximum atomic E-state index is 13.1. The normalized spacial score (nSPS) is 16.1. The third-order valence-electron chi connectivity index (χ3n) is 7.96. The quantitative estimate of drug-likeness (QED) is 0.253. The Morgan fingerprint density at radius 2 is 1.76 bits per heavy atom. The van der Waals surface area contributed by atoms with Gasteiger partial charge in [0.05, 0.1) is 11.1 Å². The standard InChI is InChI=1S/C32H30F3N3O3/c33-32(34,35)21-8-9-25-27(16-21)37-13-10-28(25)38-14-11-20(12-15-38)17-36-18-22(39)19-41-29-7-3-6-26-30(29)23-4-1-2-5-24(23)31(26)40/h1-10,13,16,20,22,36,39H,11-12,14-15,17-19H2/t22-/m1/s1. The number of rotatable bonds is 8. The molecule has 0 amide bonds. The Kier molecular flexibility index (Phi) is 7.40. The number of carbonyl (C=O) groups is 1. The highest BCUT2D eigenvalue weighted by Crippen LogP contribution is 2.42. The highest BCUT2D eigenvalue weighted by Gasteiger charge is 2.31. The van der Waals surface area contributed by atoms with Crippen LogP contribution >= 0.6 is 0 Å². The molecule has 1 saturated heterocycles. The summed E-state index contributed by atoms with van der Waals surface area (Å²) >= 11 is 0. The van der Waals surface area contributed by atoms with E-state index in [1.165, 1.54) is 6.07 Å². The number of pyridine rings is 1. The van der Waals surface area contributed by atoms with E-state index in [1.807, 2.05) is 36.4 Å². The van der Waals surface area contributed by atoms with Gasteiger partial charge in [0.15, 0.2) is 5.78 Å². The molecule has 6 nitrogen and oxygen atoms in total. The highest BCUT2D eigenvalue weighted by atomic mass is 19.4. The van der Waals surface area contributed by atoms with Crippen molar-refractivity contribution in [2.24, 2.45) is 5.92 Å². The number of benzene rings is 3. The maximum absolute atomic E-state index is 13.1. The van der Waals surface area contributed by atoms with Gasteiger partial charge in [-0.3, -0.25) is 9.78 Å². The molecular formula is C32H30F3N3O3. The van der Waals surface area contributed by atoms with Crippen molar-refractivity contribution >= 4 is 22.4 Å². The average molecular weight is 562 g/mol. The number of halogens is 3. The van der Waals surface area contributed by atoms with Crippen molar-refractivity contribution in [2.75, 3.05) is 37.7 Å². The van der Waals surface area contributed by atoms with Crippen LogP contribution in [0.3, 0.4) is 0 Å². The van der Waals surface area contributed by atoms with Crippen molar-refractivity contribution in [3.63, 3.8) is 0 Å². The van der Waals surface area contributed by atoms with Crippen molar-refractivity contribution in [1.29, 1.82) is 0 Å². The number of fused-ring (bicyclic) bond motifs is 4. The van der Waals surface area contributed by atoms with Gasteiger partial charge in [-0.05, 0) is 55.1 Å². The Labute approximate surface area is 235 Å². The Bertz CT molecular complexity index is 1580. The van der Waals surface area contributed by atoms with E-state index in [-0.39, 0.29) is 12.4 Å². The fraction of sp³-hybridized carbons (Fsp3) is 0.312. The lowest BCUT2D eigenvalue weighted by Crippen LogP contribution is -2.39. The van der Waals surface area contributed by atoms with Gasteiger partial charge in [-0.1, -0.05) is 42.5 Å². The van der Waals surface area contributed by atoms with E-state index < -0.39 is 17.8 Å². The summed E-state index contributed by atoms with van der Waals surface area (Å²) in [5.74, 6) is 0.997. The van der Waals surface area contributed by atoms with Crippen LogP contribution in [0.5, 0.6) is 5.75 Å². The van der Waals surface area contributed by atoms with Gasteiger partial charge in [0, 0.05) is 53.6 Å². The number of aromatic nitrogens is 1. The Hall–Kier alpha value is -3.95. The van der Waals surface area contributed by atoms with E-state index in [2.05, 4.69) is 15.2 Å². The Morgan fingerprint density at radius 3 is 2.54 bits per heavy atom. The van der Waals surface area contributed by atoms with Crippen LogP contribution in [-0.2, 0) is 6.18 Å². The highest BCUT2D eigenvalue weighted by molar-refractivity contribution is 6.22. The van der Waals surface area contributed by atoms with Crippen LogP contribution in [0.25, 0.3) is 22.0 Å². The zero-order chi connectivity index (χ0) is 28.6. The number of alkyl halides is 3. The molecule has 212 valence electrons. The zero-order valence-electron chi connectivity index (χ0n) is 22.3. The second-order valence-electron chi connectivity index (χ2n) is 10.7. The molecule has 1 aliphatic heterocycles. The summed E-state index contributed by atoms with van der Waals surface area (Å²) in [5.41, 5.74) is 3.47. The lowest BCUT2D eigenvalue weighted by molar-refractivity contribution is -0.137. The summed E-state index contributed by atoms with van der Waals surface area (Å²) in [6.07, 6.45) is -1.70. The lowest BCUT2D eigenvalue weighted by Gasteiger charge is -2.34. The number of ether oxygens (including phenoxy) is 1. The number of anilines is 1. The summed E-state index contributed by atoms with van der Waals surface area (Å²) in [4.78, 5) is 19.1. The Morgan fingerprint density at radius 1 is 1.00 bits per heavy atom. The van der Waals surface area contributed by atoms with Crippen molar-refractivity contribution in [2.45, 2.75) is 25.1 Å². The average Bonchev–Trinajstić information content (AvgIpc) is 3.28. The summed E-state index contributed by atoms with van der Waals surface area (Å²) in [6.45, 7) is 2.80. The number of aliphatic hydroxyl groups excluding tert-OH is 1. The van der Waals surface area contributed by atoms with E-state index in [0.717, 1.165) is 66.8 Å². The predicted octanol–water partition coefficient (Wildman–Crippen LogP) is 5.71. The second-order valence-corrected chi connectivity index (χ2v) is 10.7. The van der Waals surface area contributed by atoms with Crippen molar-refractivity contribution in [3.8, 4) is 16.9 Å². The third kappa shape index (κ3) is 5.52. The van der Waals surface area contributed by atoms with Gasteiger partial charge in [-0.15, -0.1) is 0 Å². The van der Waals surface area contributed by atoms with E-state index in [0.29, 0.717) is 34.9 Å². The first kappa shape index (κ1) is 27.2. The number of carbonyl (C=O) groups excluding carboxylic acids is 1. The minimum Gasteiger partial charge on any atom is -0.490 e. The number of piperidine rings is 1. The molecule has 4 aromatic rings. The number of nitrogens with zero attached hydrogens (tertiary/aromatic N) is 2. The largest absolute Gasteiger partial charge is 0.490 e. The molecule has 0 radical (unpaired) electrons. The molecule has 0 saturated carbocycles. The fourth-order valence-corrected chi connectivity index (χ4v) is 5.82. The van der Waals surface area contributed by atoms with Crippen LogP contribution in [0.2, 0.25) is 0 Å². The molecule has 0 bridgehead atoms. The van der Waals surface area contributed by atoms with Crippen LogP contribution in [0.15, 0.2) is 72.9 Å². The minimum absolute atomic E-state index is 0.0120. The van der Waals surface area contributed by atoms with Gasteiger partial charge in [0.25, 0.3) is 0 Å². The van der Waals surface area contributed by atoms with Gasteiger partial charge in [0.1, 0.15) is 18.5 Å². The summed E-state index contributed by atoms with van der Waals surface area (Å²) in [7, 11) is 0. The molecule has 2 aliphatic rings. The molecule has 3 aromatic carbocycles. The summed E-state index contributed by atoms with van der Waals surface area (Å²) < 4.78 is 45.3. The first-order chi connectivity index (χ1) is 19.8. The van der Waals surface area contributed by atoms with Crippen LogP contribution < -0.4 is 15.0 Å². The summed E-state index contributed by atoms with van der Waals surface area (Å²) in [6, 6.07) is 18.5. The van der Waals surface area contributed by atoms with Crippen LogP contribution in [0, 0.1) is 5.92 Å². The maximum Gasteiger partial charge on any atom is 0.416 e. The van der Waals surface area contributed by atoms with Crippen LogP contribution in [-0.4, -0.2) is 54.8 Å². The zero-order valence-corrected chi connectivity index (χ0v) is 22.3. The molecule has 9 heteroatoms. The smallest absolute Gasteiger partial charge is 0.416 e. The topological polar surface area (TPSA) is 74.7 Å². The minimum atomic E-state index is -4.40. The van der Waals surface area contributed by atoms with Gasteiger partial charge in [0.2, 0.25) is 0 Å². The molecule has 6 rings (SSSR count). The van der Waals surface area contributed by atoms with Gasteiger partial charge in [-0.2, -0.15) is 13.2 Å². The Balaban J connectivity index is 0.989. The van der Waals surface area contributed by atoms with E-state index in [4.69, 9.17) is 4.74 Å². The molecule has 41 heavy (non-hydrogen) atoms. The first-order valence-corrected chi connectivity index (χ1v) is 13.8. The monoisotopic (exact) mass is 561 g/mol. The number of aliphatic hydroxyl groups is 1. The molecule has 1 aromatic heterocycles. The number of hydrogen-bond donors (Lipinski definition) is 2. The van der Waals surface area contributed by atoms with E-state index in [9.17, 15) is 23.1 Å². The van der Waals surface area contributed by atoms with Crippen LogP contribution in [0.1, 0.15) is 34.3 Å².